The third kappa shape index (κ3) is 2.49. The SMILES string of the molecule is Cc1cc(N(C)C(C)(C)CO)c2cc(N)ccc2n1. The number of aliphatic hydroxyl groups is 1. The lowest BCUT2D eigenvalue weighted by Crippen LogP contribution is -2.44. The van der Waals surface area contributed by atoms with Crippen molar-refractivity contribution in [3.05, 3.63) is 30.0 Å². The van der Waals surface area contributed by atoms with Crippen LogP contribution in [0, 0.1) is 6.92 Å². The van der Waals surface area contributed by atoms with Crippen LogP contribution in [0.3, 0.4) is 0 Å². The molecule has 0 spiro atoms. The number of aromatic nitrogens is 1. The van der Waals surface area contributed by atoms with E-state index in [2.05, 4.69) is 9.88 Å². The van der Waals surface area contributed by atoms with Gasteiger partial charge in [-0.3, -0.25) is 4.98 Å². The van der Waals surface area contributed by atoms with Gasteiger partial charge in [0.15, 0.2) is 0 Å². The van der Waals surface area contributed by atoms with Crippen molar-refractivity contribution >= 4 is 22.3 Å². The van der Waals surface area contributed by atoms with E-state index in [1.54, 1.807) is 0 Å². The monoisotopic (exact) mass is 259 g/mol. The van der Waals surface area contributed by atoms with Crippen molar-refractivity contribution in [2.45, 2.75) is 26.3 Å². The Balaban J connectivity index is 2.68. The van der Waals surface area contributed by atoms with Crippen molar-refractivity contribution in [1.82, 2.24) is 4.98 Å². The van der Waals surface area contributed by atoms with Crippen molar-refractivity contribution in [3.63, 3.8) is 0 Å². The van der Waals surface area contributed by atoms with E-state index < -0.39 is 0 Å². The molecule has 0 aliphatic carbocycles. The maximum absolute atomic E-state index is 9.54. The topological polar surface area (TPSA) is 62.4 Å². The number of nitrogens with two attached hydrogens (primary N) is 1. The standard InChI is InChI=1S/C15H21N3O/c1-10-7-14(18(4)15(2,3)9-19)12-8-11(16)5-6-13(12)17-10/h5-8,19H,9,16H2,1-4H3. The van der Waals surface area contributed by atoms with Crippen LogP contribution >= 0.6 is 0 Å². The van der Waals surface area contributed by atoms with Crippen LogP contribution in [0.1, 0.15) is 19.5 Å². The molecule has 1 aromatic carbocycles. The Bertz CT molecular complexity index is 608. The number of nitrogens with zero attached hydrogens (tertiary/aromatic N) is 2. The smallest absolute Gasteiger partial charge is 0.0727 e. The van der Waals surface area contributed by atoms with Gasteiger partial charge in [-0.2, -0.15) is 0 Å². The first-order valence-corrected chi connectivity index (χ1v) is 6.37. The summed E-state index contributed by atoms with van der Waals surface area (Å²) in [6.07, 6.45) is 0. The highest BCUT2D eigenvalue weighted by molar-refractivity contribution is 5.94. The molecule has 1 heterocycles. The number of hydrogen-bond donors (Lipinski definition) is 2. The molecule has 1 aromatic heterocycles. The van der Waals surface area contributed by atoms with E-state index in [1.165, 1.54) is 0 Å². The van der Waals surface area contributed by atoms with Crippen LogP contribution in [0.5, 0.6) is 0 Å². The van der Waals surface area contributed by atoms with Gasteiger partial charge in [0.1, 0.15) is 0 Å². The van der Waals surface area contributed by atoms with Crippen LogP contribution < -0.4 is 10.6 Å². The summed E-state index contributed by atoms with van der Waals surface area (Å²) in [6, 6.07) is 7.75. The molecule has 2 rings (SSSR count). The average molecular weight is 259 g/mol. The maximum atomic E-state index is 9.54. The molecule has 0 saturated heterocycles. The van der Waals surface area contributed by atoms with Crippen LogP contribution in [-0.4, -0.2) is 29.3 Å². The number of anilines is 2. The van der Waals surface area contributed by atoms with E-state index in [-0.39, 0.29) is 12.1 Å². The Morgan fingerprint density at radius 1 is 1.32 bits per heavy atom. The summed E-state index contributed by atoms with van der Waals surface area (Å²) in [5.41, 5.74) is 9.16. The number of pyridine rings is 1. The summed E-state index contributed by atoms with van der Waals surface area (Å²) < 4.78 is 0. The number of aliphatic hydroxyl groups excluding tert-OH is 1. The molecular weight excluding hydrogens is 238 g/mol. The van der Waals surface area contributed by atoms with Gasteiger partial charge in [0, 0.05) is 29.5 Å². The summed E-state index contributed by atoms with van der Waals surface area (Å²) in [4.78, 5) is 6.60. The van der Waals surface area contributed by atoms with Gasteiger partial charge in [-0.15, -0.1) is 0 Å². The van der Waals surface area contributed by atoms with Gasteiger partial charge in [-0.05, 0) is 45.0 Å². The molecular formula is C15H21N3O. The third-order valence-electron chi connectivity index (χ3n) is 3.60. The molecule has 2 aromatic rings. The van der Waals surface area contributed by atoms with Gasteiger partial charge in [0.2, 0.25) is 0 Å². The van der Waals surface area contributed by atoms with E-state index in [1.807, 2.05) is 52.1 Å². The number of fused-ring (bicyclic) bond motifs is 1. The fourth-order valence-electron chi connectivity index (χ4n) is 2.06. The Kier molecular flexibility index (Phi) is 3.37. The maximum Gasteiger partial charge on any atom is 0.0727 e. The molecule has 4 heteroatoms. The Morgan fingerprint density at radius 2 is 2.00 bits per heavy atom. The Morgan fingerprint density at radius 3 is 2.63 bits per heavy atom. The largest absolute Gasteiger partial charge is 0.399 e. The van der Waals surface area contributed by atoms with Gasteiger partial charge >= 0.3 is 0 Å². The molecule has 0 radical (unpaired) electrons. The highest BCUT2D eigenvalue weighted by atomic mass is 16.3. The van der Waals surface area contributed by atoms with Gasteiger partial charge < -0.3 is 15.7 Å². The molecule has 0 unspecified atom stereocenters. The second kappa shape index (κ2) is 4.70. The average Bonchev–Trinajstić information content (AvgIpc) is 2.37. The van der Waals surface area contributed by atoms with Crippen LogP contribution in [0.25, 0.3) is 10.9 Å². The second-order valence-electron chi connectivity index (χ2n) is 5.59. The molecule has 4 nitrogen and oxygen atoms in total. The number of likely N-dealkylation sites (N-methyl/N-ethyl adjacent to an activating group) is 1. The van der Waals surface area contributed by atoms with Gasteiger partial charge in [-0.25, -0.2) is 0 Å². The minimum absolute atomic E-state index is 0.0781. The lowest BCUT2D eigenvalue weighted by Gasteiger charge is -2.36. The number of aryl methyl sites for hydroxylation is 1. The van der Waals surface area contributed by atoms with Crippen molar-refractivity contribution in [2.24, 2.45) is 0 Å². The number of benzene rings is 1. The fourth-order valence-corrected chi connectivity index (χ4v) is 2.06. The summed E-state index contributed by atoms with van der Waals surface area (Å²) in [7, 11) is 1.98. The van der Waals surface area contributed by atoms with Crippen molar-refractivity contribution < 1.29 is 5.11 Å². The molecule has 3 N–H and O–H groups in total. The predicted molar refractivity (Wildman–Crippen MR) is 80.5 cm³/mol. The van der Waals surface area contributed by atoms with Crippen LogP contribution in [0.2, 0.25) is 0 Å². The second-order valence-corrected chi connectivity index (χ2v) is 5.59. The first-order chi connectivity index (χ1) is 8.85. The van der Waals surface area contributed by atoms with Crippen LogP contribution in [0.15, 0.2) is 24.3 Å². The summed E-state index contributed by atoms with van der Waals surface area (Å²) in [6.45, 7) is 6.05. The van der Waals surface area contributed by atoms with Crippen molar-refractivity contribution in [2.75, 3.05) is 24.3 Å². The summed E-state index contributed by atoms with van der Waals surface area (Å²) in [5, 5.41) is 10.5. The predicted octanol–water partition coefficient (Wildman–Crippen LogP) is 2.33. The van der Waals surface area contributed by atoms with E-state index in [9.17, 15) is 5.11 Å². The first kappa shape index (κ1) is 13.6. The summed E-state index contributed by atoms with van der Waals surface area (Å²) in [5.74, 6) is 0. The molecule has 0 bridgehead atoms. The molecule has 0 saturated carbocycles. The quantitative estimate of drug-likeness (QED) is 0.830. The molecule has 102 valence electrons. The van der Waals surface area contributed by atoms with E-state index in [0.29, 0.717) is 0 Å². The number of nitrogen functional groups attached to an aromatic ring is 1. The fraction of sp³-hybridized carbons (Fsp3) is 0.400. The minimum atomic E-state index is -0.342. The van der Waals surface area contributed by atoms with Crippen LogP contribution in [0.4, 0.5) is 11.4 Å². The van der Waals surface area contributed by atoms with Crippen LogP contribution in [-0.2, 0) is 0 Å². The van der Waals surface area contributed by atoms with Gasteiger partial charge in [-0.1, -0.05) is 0 Å². The van der Waals surface area contributed by atoms with E-state index in [0.717, 1.165) is 28.0 Å². The Hall–Kier alpha value is -1.81. The zero-order valence-electron chi connectivity index (χ0n) is 11.9. The number of rotatable bonds is 3. The van der Waals surface area contributed by atoms with E-state index in [4.69, 9.17) is 5.73 Å². The van der Waals surface area contributed by atoms with Gasteiger partial charge in [0.05, 0.1) is 17.7 Å². The van der Waals surface area contributed by atoms with E-state index >= 15 is 0 Å². The zero-order chi connectivity index (χ0) is 14.2. The summed E-state index contributed by atoms with van der Waals surface area (Å²) >= 11 is 0. The van der Waals surface area contributed by atoms with Crippen molar-refractivity contribution in [1.29, 1.82) is 0 Å². The molecule has 19 heavy (non-hydrogen) atoms. The normalized spacial score (nSPS) is 11.8. The molecule has 0 fully saturated rings. The lowest BCUT2D eigenvalue weighted by atomic mass is 10.0. The highest BCUT2D eigenvalue weighted by Crippen LogP contribution is 2.31. The first-order valence-electron chi connectivity index (χ1n) is 6.37. The molecule has 0 amide bonds. The minimum Gasteiger partial charge on any atom is -0.399 e. The van der Waals surface area contributed by atoms with Gasteiger partial charge in [0.25, 0.3) is 0 Å². The highest BCUT2D eigenvalue weighted by Gasteiger charge is 2.24. The molecule has 0 aliphatic rings. The Labute approximate surface area is 113 Å². The third-order valence-corrected chi connectivity index (χ3v) is 3.60. The molecule has 0 aliphatic heterocycles. The van der Waals surface area contributed by atoms with Crippen molar-refractivity contribution in [3.8, 4) is 0 Å². The number of hydrogen-bond acceptors (Lipinski definition) is 4. The molecule has 0 atom stereocenters. The zero-order valence-corrected chi connectivity index (χ0v) is 11.9. The lowest BCUT2D eigenvalue weighted by molar-refractivity contribution is 0.216.